The quantitative estimate of drug-likeness (QED) is 0.495. The third kappa shape index (κ3) is 4.34. The number of anilines is 2. The van der Waals surface area contributed by atoms with Gasteiger partial charge >= 0.3 is 6.18 Å². The second kappa shape index (κ2) is 7.62. The number of alkyl halides is 3. The summed E-state index contributed by atoms with van der Waals surface area (Å²) >= 11 is 0. The summed E-state index contributed by atoms with van der Waals surface area (Å²) in [6.07, 6.45) is -1.78. The molecule has 0 spiro atoms. The summed E-state index contributed by atoms with van der Waals surface area (Å²) in [5.74, 6) is -0.475. The van der Waals surface area contributed by atoms with Gasteiger partial charge in [-0.1, -0.05) is 6.07 Å². The van der Waals surface area contributed by atoms with E-state index in [1.54, 1.807) is 0 Å². The fraction of sp³-hybridized carbons (Fsp3) is 0.111. The zero-order valence-corrected chi connectivity index (χ0v) is 14.9. The van der Waals surface area contributed by atoms with Crippen LogP contribution in [-0.4, -0.2) is 27.7 Å². The number of hydrogen-bond acceptors (Lipinski definition) is 5. The summed E-state index contributed by atoms with van der Waals surface area (Å²) in [7, 11) is 1.41. The van der Waals surface area contributed by atoms with Crippen LogP contribution in [0, 0.1) is 10.1 Å². The number of rotatable bonds is 5. The Bertz CT molecular complexity index is 1080. The van der Waals surface area contributed by atoms with E-state index in [1.807, 2.05) is 0 Å². The Morgan fingerprint density at radius 2 is 1.97 bits per heavy atom. The Morgan fingerprint density at radius 1 is 1.21 bits per heavy atom. The number of halogens is 3. The number of aromatic nitrogens is 2. The highest BCUT2D eigenvalue weighted by Gasteiger charge is 2.30. The van der Waals surface area contributed by atoms with Gasteiger partial charge in [0.1, 0.15) is 5.69 Å². The van der Waals surface area contributed by atoms with E-state index >= 15 is 0 Å². The number of nitro benzene ring substituents is 1. The van der Waals surface area contributed by atoms with Crippen molar-refractivity contribution in [2.24, 2.45) is 0 Å². The molecule has 1 heterocycles. The molecule has 11 heteroatoms. The maximum absolute atomic E-state index is 12.9. The number of benzene rings is 2. The summed E-state index contributed by atoms with van der Waals surface area (Å²) in [6.45, 7) is 0. The van der Waals surface area contributed by atoms with E-state index in [2.05, 4.69) is 15.7 Å². The predicted octanol–water partition coefficient (Wildman–Crippen LogP) is 3.90. The molecule has 0 aliphatic carbocycles. The summed E-state index contributed by atoms with van der Waals surface area (Å²) in [5.41, 5.74) is -0.440. The molecule has 2 aromatic carbocycles. The second-order valence-corrected chi connectivity index (χ2v) is 5.91. The number of carbonyl (C=O) groups is 1. The highest BCUT2D eigenvalue weighted by Crippen LogP contribution is 2.31. The van der Waals surface area contributed by atoms with Crippen LogP contribution in [0.5, 0.6) is 0 Å². The van der Waals surface area contributed by atoms with Crippen LogP contribution in [0.15, 0.2) is 54.9 Å². The first-order valence-electron chi connectivity index (χ1n) is 8.19. The van der Waals surface area contributed by atoms with Crippen molar-refractivity contribution in [1.82, 2.24) is 15.1 Å². The number of nitrogens with zero attached hydrogens (tertiary/aromatic N) is 3. The smallest absolute Gasteiger partial charge is 0.355 e. The number of nitrogens with one attached hydrogen (secondary N) is 2. The van der Waals surface area contributed by atoms with Crippen molar-refractivity contribution in [1.29, 1.82) is 0 Å². The fourth-order valence-electron chi connectivity index (χ4n) is 2.58. The molecule has 1 aromatic heterocycles. The number of nitro groups is 1. The van der Waals surface area contributed by atoms with Crippen LogP contribution in [-0.2, 0) is 6.18 Å². The largest absolute Gasteiger partial charge is 0.416 e. The molecular weight excluding hydrogens is 391 g/mol. The third-order valence-corrected chi connectivity index (χ3v) is 3.98. The van der Waals surface area contributed by atoms with E-state index in [-0.39, 0.29) is 22.6 Å². The Labute approximate surface area is 162 Å². The lowest BCUT2D eigenvalue weighted by Crippen LogP contribution is -2.17. The molecule has 0 aliphatic heterocycles. The van der Waals surface area contributed by atoms with Gasteiger partial charge in [0, 0.05) is 18.7 Å². The fourth-order valence-corrected chi connectivity index (χ4v) is 2.58. The van der Waals surface area contributed by atoms with Crippen molar-refractivity contribution in [2.45, 2.75) is 6.18 Å². The minimum absolute atomic E-state index is 0.103. The topological polar surface area (TPSA) is 102 Å². The van der Waals surface area contributed by atoms with E-state index in [0.29, 0.717) is 5.69 Å². The molecule has 29 heavy (non-hydrogen) atoms. The predicted molar refractivity (Wildman–Crippen MR) is 98.3 cm³/mol. The molecule has 0 radical (unpaired) electrons. The molecule has 2 N–H and O–H groups in total. The Morgan fingerprint density at radius 3 is 2.62 bits per heavy atom. The molecule has 0 unspecified atom stereocenters. The van der Waals surface area contributed by atoms with Crippen molar-refractivity contribution >= 4 is 23.0 Å². The highest BCUT2D eigenvalue weighted by molar-refractivity contribution is 5.95. The average molecular weight is 405 g/mol. The SMILES string of the molecule is CNC(=O)c1ccc(Nc2cnn(-c3cccc(C(F)(F)F)c3)c2)c([N+](=O)[O-])c1. The molecular formula is C18H14F3N5O3. The number of hydrogen-bond donors (Lipinski definition) is 2. The van der Waals surface area contributed by atoms with Crippen molar-refractivity contribution in [2.75, 3.05) is 12.4 Å². The van der Waals surface area contributed by atoms with E-state index in [9.17, 15) is 28.1 Å². The average Bonchev–Trinajstić information content (AvgIpc) is 3.15. The van der Waals surface area contributed by atoms with Gasteiger partial charge in [0.25, 0.3) is 11.6 Å². The molecule has 0 atom stereocenters. The summed E-state index contributed by atoms with van der Waals surface area (Å²) in [6, 6.07) is 8.50. The van der Waals surface area contributed by atoms with Crippen molar-refractivity contribution in [3.63, 3.8) is 0 Å². The Hall–Kier alpha value is -3.89. The van der Waals surface area contributed by atoms with Gasteiger partial charge in [-0.3, -0.25) is 14.9 Å². The van der Waals surface area contributed by atoms with Crippen LogP contribution in [0.4, 0.5) is 30.2 Å². The first-order chi connectivity index (χ1) is 13.7. The van der Waals surface area contributed by atoms with E-state index in [1.165, 1.54) is 48.4 Å². The van der Waals surface area contributed by atoms with Crippen molar-refractivity contribution in [3.8, 4) is 5.69 Å². The zero-order valence-electron chi connectivity index (χ0n) is 14.9. The number of amides is 1. The van der Waals surface area contributed by atoms with Crippen LogP contribution in [0.1, 0.15) is 15.9 Å². The van der Waals surface area contributed by atoms with Crippen molar-refractivity contribution < 1.29 is 22.9 Å². The lowest BCUT2D eigenvalue weighted by molar-refractivity contribution is -0.383. The van der Waals surface area contributed by atoms with Crippen LogP contribution in [0.25, 0.3) is 5.69 Å². The summed E-state index contributed by atoms with van der Waals surface area (Å²) in [5, 5.41) is 20.5. The molecule has 150 valence electrons. The Kier molecular flexibility index (Phi) is 5.22. The first kappa shape index (κ1) is 19.9. The van der Waals surface area contributed by atoms with Crippen molar-refractivity contribution in [3.05, 3.63) is 76.1 Å². The van der Waals surface area contributed by atoms with Gasteiger partial charge < -0.3 is 10.6 Å². The number of carbonyl (C=O) groups excluding carboxylic acids is 1. The van der Waals surface area contributed by atoms with Crippen LogP contribution in [0.2, 0.25) is 0 Å². The van der Waals surface area contributed by atoms with Gasteiger partial charge in [-0.15, -0.1) is 0 Å². The molecule has 8 nitrogen and oxygen atoms in total. The molecule has 0 saturated carbocycles. The highest BCUT2D eigenvalue weighted by atomic mass is 19.4. The van der Waals surface area contributed by atoms with Gasteiger partial charge in [0.05, 0.1) is 34.3 Å². The Balaban J connectivity index is 1.89. The third-order valence-electron chi connectivity index (χ3n) is 3.98. The maximum atomic E-state index is 12.9. The molecule has 3 aromatic rings. The van der Waals surface area contributed by atoms with Crippen LogP contribution < -0.4 is 10.6 Å². The zero-order chi connectivity index (χ0) is 21.2. The molecule has 0 aliphatic rings. The van der Waals surface area contributed by atoms with Gasteiger partial charge in [-0.2, -0.15) is 18.3 Å². The standard InChI is InChI=1S/C18H14F3N5O3/c1-22-17(27)11-5-6-15(16(7-11)26(28)29)24-13-9-23-25(10-13)14-4-2-3-12(8-14)18(19,20)21/h2-10,24H,1H3,(H,22,27). The van der Waals surface area contributed by atoms with Gasteiger partial charge in [-0.05, 0) is 30.3 Å². The lowest BCUT2D eigenvalue weighted by Gasteiger charge is -2.08. The van der Waals surface area contributed by atoms with Gasteiger partial charge in [0.15, 0.2) is 0 Å². The van der Waals surface area contributed by atoms with E-state index in [0.717, 1.165) is 18.2 Å². The minimum atomic E-state index is -4.49. The van der Waals surface area contributed by atoms with Crippen LogP contribution >= 0.6 is 0 Å². The molecule has 0 bridgehead atoms. The van der Waals surface area contributed by atoms with E-state index in [4.69, 9.17) is 0 Å². The monoisotopic (exact) mass is 405 g/mol. The molecule has 1 amide bonds. The van der Waals surface area contributed by atoms with Gasteiger partial charge in [0.2, 0.25) is 0 Å². The van der Waals surface area contributed by atoms with Gasteiger partial charge in [-0.25, -0.2) is 4.68 Å². The lowest BCUT2D eigenvalue weighted by atomic mass is 10.1. The minimum Gasteiger partial charge on any atom is -0.355 e. The van der Waals surface area contributed by atoms with E-state index < -0.39 is 22.6 Å². The molecule has 0 saturated heterocycles. The molecule has 0 fully saturated rings. The normalized spacial score (nSPS) is 11.2. The molecule has 3 rings (SSSR count). The maximum Gasteiger partial charge on any atom is 0.416 e. The summed E-state index contributed by atoms with van der Waals surface area (Å²) in [4.78, 5) is 22.4. The van der Waals surface area contributed by atoms with Crippen LogP contribution in [0.3, 0.4) is 0 Å². The second-order valence-electron chi connectivity index (χ2n) is 5.91. The first-order valence-corrected chi connectivity index (χ1v) is 8.19. The summed E-state index contributed by atoms with van der Waals surface area (Å²) < 4.78 is 39.8.